The maximum atomic E-state index is 14.3. The lowest BCUT2D eigenvalue weighted by atomic mass is 10.1. The van der Waals surface area contributed by atoms with Crippen molar-refractivity contribution >= 4 is 17.5 Å². The molecule has 1 aromatic carbocycles. The Hall–Kier alpha value is -3.01. The molecule has 0 radical (unpaired) electrons. The number of carbonyl (C=O) groups excluding carboxylic acids is 2. The highest BCUT2D eigenvalue weighted by molar-refractivity contribution is 6.06. The molecule has 2 heterocycles. The first-order chi connectivity index (χ1) is 17.5. The summed E-state index contributed by atoms with van der Waals surface area (Å²) in [6, 6.07) is 7.29. The summed E-state index contributed by atoms with van der Waals surface area (Å²) < 4.78 is 52.8. The average Bonchev–Trinajstić information content (AvgIpc) is 2.83. The highest BCUT2D eigenvalue weighted by Crippen LogP contribution is 2.28. The van der Waals surface area contributed by atoms with E-state index in [1.54, 1.807) is 23.2 Å². The van der Waals surface area contributed by atoms with Crippen LogP contribution in [0.2, 0.25) is 0 Å². The van der Waals surface area contributed by atoms with Crippen molar-refractivity contribution in [2.24, 2.45) is 5.92 Å². The van der Waals surface area contributed by atoms with E-state index in [1.807, 2.05) is 0 Å². The van der Waals surface area contributed by atoms with Crippen LogP contribution in [0.1, 0.15) is 55.5 Å². The van der Waals surface area contributed by atoms with Gasteiger partial charge in [0.25, 0.3) is 5.91 Å². The monoisotopic (exact) mass is 522 g/mol. The first-order valence-electron chi connectivity index (χ1n) is 12.6. The van der Waals surface area contributed by atoms with Crippen LogP contribution in [0.4, 0.5) is 23.2 Å². The van der Waals surface area contributed by atoms with Gasteiger partial charge in [-0.05, 0) is 67.7 Å². The fourth-order valence-corrected chi connectivity index (χ4v) is 4.57. The molecule has 0 spiro atoms. The summed E-state index contributed by atoms with van der Waals surface area (Å²) in [7, 11) is 0. The molecule has 0 N–H and O–H groups in total. The van der Waals surface area contributed by atoms with Crippen LogP contribution in [-0.4, -0.2) is 65.5 Å². The number of hydrogen-bond acceptors (Lipinski definition) is 4. The second kappa shape index (κ2) is 13.0. The molecule has 0 unspecified atom stereocenters. The van der Waals surface area contributed by atoms with Gasteiger partial charge in [0.15, 0.2) is 0 Å². The summed E-state index contributed by atoms with van der Waals surface area (Å²) in [6.07, 6.45) is -2.08. The molecule has 10 heteroatoms. The van der Waals surface area contributed by atoms with Crippen LogP contribution in [0.25, 0.3) is 0 Å². The Morgan fingerprint density at radius 1 is 1.05 bits per heavy atom. The second-order valence-electron chi connectivity index (χ2n) is 9.80. The highest BCUT2D eigenvalue weighted by Gasteiger charge is 2.30. The maximum Gasteiger partial charge on any atom is 0.389 e. The van der Waals surface area contributed by atoms with Gasteiger partial charge < -0.3 is 14.7 Å². The molecule has 3 rings (SSSR count). The standard InChI is InChI=1S/C27H34F4N4O2/c1-20(2)18-33-12-4-14-34(25(36)9-10-27(29,30)31)19-22-16-23(28)7-8-24(22)35(15-5-13-33)26(37)21-6-3-11-32-17-21/h3,6-8,11,16-17,20H,4-5,9-10,12-15,18-19H2,1-2H3. The molecule has 6 nitrogen and oxygen atoms in total. The normalized spacial score (nSPS) is 16.2. The Labute approximate surface area is 215 Å². The van der Waals surface area contributed by atoms with Gasteiger partial charge in [0.05, 0.1) is 12.0 Å². The first-order valence-corrected chi connectivity index (χ1v) is 12.6. The highest BCUT2D eigenvalue weighted by atomic mass is 19.4. The van der Waals surface area contributed by atoms with Crippen LogP contribution in [0.3, 0.4) is 0 Å². The SMILES string of the molecule is CC(C)CN1CCCN(C(=O)CCC(F)(F)F)Cc2cc(F)ccc2N(C(=O)c2cccnc2)CCC1. The number of aromatic nitrogens is 1. The molecule has 0 atom stereocenters. The van der Waals surface area contributed by atoms with Crippen molar-refractivity contribution in [2.45, 2.75) is 52.3 Å². The number of alkyl halides is 3. The van der Waals surface area contributed by atoms with E-state index in [4.69, 9.17) is 0 Å². The fourth-order valence-electron chi connectivity index (χ4n) is 4.57. The van der Waals surface area contributed by atoms with Gasteiger partial charge in [-0.3, -0.25) is 14.6 Å². The smallest absolute Gasteiger partial charge is 0.338 e. The first kappa shape index (κ1) is 28.6. The maximum absolute atomic E-state index is 14.3. The van der Waals surface area contributed by atoms with Gasteiger partial charge in [0.2, 0.25) is 5.91 Å². The number of rotatable bonds is 5. The number of carbonyl (C=O) groups is 2. The molecule has 202 valence electrons. The molecule has 37 heavy (non-hydrogen) atoms. The zero-order valence-corrected chi connectivity index (χ0v) is 21.3. The largest absolute Gasteiger partial charge is 0.389 e. The minimum Gasteiger partial charge on any atom is -0.338 e. The van der Waals surface area contributed by atoms with E-state index in [9.17, 15) is 27.2 Å². The zero-order valence-electron chi connectivity index (χ0n) is 21.3. The van der Waals surface area contributed by atoms with Gasteiger partial charge in [-0.15, -0.1) is 0 Å². The number of fused-ring (bicyclic) bond motifs is 1. The third-order valence-corrected chi connectivity index (χ3v) is 6.20. The van der Waals surface area contributed by atoms with Crippen molar-refractivity contribution in [3.05, 3.63) is 59.7 Å². The second-order valence-corrected chi connectivity index (χ2v) is 9.80. The Morgan fingerprint density at radius 2 is 1.78 bits per heavy atom. The molecule has 0 bridgehead atoms. The molecule has 1 aliphatic rings. The molecule has 0 saturated heterocycles. The molecular weight excluding hydrogens is 488 g/mol. The van der Waals surface area contributed by atoms with Crippen LogP contribution in [-0.2, 0) is 11.3 Å². The van der Waals surface area contributed by atoms with Crippen molar-refractivity contribution in [1.29, 1.82) is 0 Å². The molecule has 2 aromatic rings. The number of amides is 2. The molecule has 0 saturated carbocycles. The number of pyridine rings is 1. The predicted molar refractivity (Wildman–Crippen MR) is 134 cm³/mol. The van der Waals surface area contributed by atoms with E-state index >= 15 is 0 Å². The number of anilines is 1. The van der Waals surface area contributed by atoms with Gasteiger partial charge in [-0.1, -0.05) is 13.8 Å². The Bertz CT molecular complexity index is 1050. The van der Waals surface area contributed by atoms with E-state index < -0.39 is 30.7 Å². The number of halogens is 4. The lowest BCUT2D eigenvalue weighted by Gasteiger charge is -2.32. The summed E-state index contributed by atoms with van der Waals surface area (Å²) in [6.45, 7) is 6.88. The quantitative estimate of drug-likeness (QED) is 0.501. The summed E-state index contributed by atoms with van der Waals surface area (Å²) in [5.74, 6) is -1.12. The van der Waals surface area contributed by atoms with Crippen molar-refractivity contribution in [3.63, 3.8) is 0 Å². The summed E-state index contributed by atoms with van der Waals surface area (Å²) >= 11 is 0. The van der Waals surface area contributed by atoms with E-state index in [-0.39, 0.29) is 19.0 Å². The Kier molecular flexibility index (Phi) is 10.0. The lowest BCUT2D eigenvalue weighted by molar-refractivity contribution is -0.149. The molecule has 2 amide bonds. The van der Waals surface area contributed by atoms with Gasteiger partial charge >= 0.3 is 6.18 Å². The van der Waals surface area contributed by atoms with Crippen LogP contribution >= 0.6 is 0 Å². The van der Waals surface area contributed by atoms with Crippen LogP contribution in [0.15, 0.2) is 42.7 Å². The third-order valence-electron chi connectivity index (χ3n) is 6.20. The van der Waals surface area contributed by atoms with E-state index in [1.165, 1.54) is 29.3 Å². The van der Waals surface area contributed by atoms with Gasteiger partial charge in [0.1, 0.15) is 5.82 Å². The molecule has 1 aliphatic heterocycles. The number of benzene rings is 1. The van der Waals surface area contributed by atoms with Crippen molar-refractivity contribution in [3.8, 4) is 0 Å². The lowest BCUT2D eigenvalue weighted by Crippen LogP contribution is -2.40. The minimum atomic E-state index is -4.45. The molecule has 1 aromatic heterocycles. The molecule has 0 aliphatic carbocycles. The average molecular weight is 523 g/mol. The number of hydrogen-bond donors (Lipinski definition) is 0. The van der Waals surface area contributed by atoms with Gasteiger partial charge in [0, 0.05) is 50.7 Å². The van der Waals surface area contributed by atoms with Gasteiger partial charge in [-0.2, -0.15) is 13.2 Å². The summed E-state index contributed by atoms with van der Waals surface area (Å²) in [5, 5.41) is 0. The van der Waals surface area contributed by atoms with Crippen LogP contribution < -0.4 is 4.90 Å². The molecule has 0 fully saturated rings. The van der Waals surface area contributed by atoms with E-state index in [0.29, 0.717) is 55.2 Å². The van der Waals surface area contributed by atoms with E-state index in [2.05, 4.69) is 23.7 Å². The topological polar surface area (TPSA) is 56.8 Å². The van der Waals surface area contributed by atoms with E-state index in [0.717, 1.165) is 6.54 Å². The van der Waals surface area contributed by atoms with Crippen molar-refractivity contribution in [2.75, 3.05) is 37.6 Å². The summed E-state index contributed by atoms with van der Waals surface area (Å²) in [5.41, 5.74) is 1.17. The van der Waals surface area contributed by atoms with Crippen molar-refractivity contribution in [1.82, 2.24) is 14.8 Å². The molecular formula is C27H34F4N4O2. The minimum absolute atomic E-state index is 0.0925. The Morgan fingerprint density at radius 3 is 2.43 bits per heavy atom. The fraction of sp³-hybridized carbons (Fsp3) is 0.519. The zero-order chi connectivity index (χ0) is 27.0. The number of nitrogens with zero attached hydrogens (tertiary/aromatic N) is 4. The Balaban J connectivity index is 1.98. The van der Waals surface area contributed by atoms with Gasteiger partial charge in [-0.25, -0.2) is 4.39 Å². The third kappa shape index (κ3) is 8.80. The summed E-state index contributed by atoms with van der Waals surface area (Å²) in [4.78, 5) is 35.6. The van der Waals surface area contributed by atoms with Crippen LogP contribution in [0.5, 0.6) is 0 Å². The van der Waals surface area contributed by atoms with Crippen LogP contribution in [0, 0.1) is 11.7 Å². The van der Waals surface area contributed by atoms with Crippen molar-refractivity contribution < 1.29 is 27.2 Å². The predicted octanol–water partition coefficient (Wildman–Crippen LogP) is 5.29.